The van der Waals surface area contributed by atoms with Crippen molar-refractivity contribution in [1.82, 2.24) is 14.7 Å². The highest BCUT2D eigenvalue weighted by molar-refractivity contribution is 5.94. The topological polar surface area (TPSA) is 58.4 Å². The first-order chi connectivity index (χ1) is 11.9. The van der Waals surface area contributed by atoms with Crippen LogP contribution in [0.4, 0.5) is 0 Å². The third-order valence-corrected chi connectivity index (χ3v) is 4.83. The zero-order chi connectivity index (χ0) is 18.0. The third-order valence-electron chi connectivity index (χ3n) is 4.83. The van der Waals surface area contributed by atoms with E-state index in [1.165, 1.54) is 0 Å². The number of aliphatic hydroxyl groups excluding tert-OH is 1. The van der Waals surface area contributed by atoms with Gasteiger partial charge in [0.1, 0.15) is 0 Å². The van der Waals surface area contributed by atoms with Gasteiger partial charge in [-0.25, -0.2) is 0 Å². The first kappa shape index (κ1) is 17.7. The van der Waals surface area contributed by atoms with E-state index in [0.29, 0.717) is 12.0 Å². The minimum Gasteiger partial charge on any atom is -0.388 e. The number of amides is 1. The fraction of sp³-hybridized carbons (Fsp3) is 0.500. The minimum absolute atomic E-state index is 0.0123. The molecule has 0 unspecified atom stereocenters. The maximum Gasteiger partial charge on any atom is 0.257 e. The highest BCUT2D eigenvalue weighted by Crippen LogP contribution is 2.28. The van der Waals surface area contributed by atoms with Gasteiger partial charge in [0.25, 0.3) is 5.91 Å². The van der Waals surface area contributed by atoms with Crippen molar-refractivity contribution in [2.45, 2.75) is 57.7 Å². The second-order valence-corrected chi connectivity index (χ2v) is 7.80. The van der Waals surface area contributed by atoms with Crippen LogP contribution < -0.4 is 0 Å². The molecular formula is C20H27N3O2. The SMILES string of the molecule is CC(C)(C)n1cc(C(=O)N2CCC[C@@H]2C[C@H](O)c2ccccc2)cn1. The second kappa shape index (κ2) is 7.00. The smallest absolute Gasteiger partial charge is 0.257 e. The van der Waals surface area contributed by atoms with E-state index in [2.05, 4.69) is 25.9 Å². The van der Waals surface area contributed by atoms with Crippen LogP contribution in [0.5, 0.6) is 0 Å². The van der Waals surface area contributed by atoms with Gasteiger partial charge >= 0.3 is 0 Å². The molecule has 1 aliphatic rings. The van der Waals surface area contributed by atoms with Crippen LogP contribution in [-0.2, 0) is 5.54 Å². The molecule has 1 N–H and O–H groups in total. The molecular weight excluding hydrogens is 314 g/mol. The predicted molar refractivity (Wildman–Crippen MR) is 97.3 cm³/mol. The number of hydrogen-bond acceptors (Lipinski definition) is 3. The molecule has 0 aliphatic carbocycles. The monoisotopic (exact) mass is 341 g/mol. The highest BCUT2D eigenvalue weighted by Gasteiger charge is 2.32. The summed E-state index contributed by atoms with van der Waals surface area (Å²) in [5, 5.41) is 14.8. The molecule has 0 bridgehead atoms. The normalized spacial score (nSPS) is 19.2. The first-order valence-corrected chi connectivity index (χ1v) is 8.95. The lowest BCUT2D eigenvalue weighted by Crippen LogP contribution is -2.36. The molecule has 2 aromatic rings. The van der Waals surface area contributed by atoms with Crippen LogP contribution >= 0.6 is 0 Å². The van der Waals surface area contributed by atoms with Crippen molar-refractivity contribution in [2.24, 2.45) is 0 Å². The fourth-order valence-electron chi connectivity index (χ4n) is 3.38. The summed E-state index contributed by atoms with van der Waals surface area (Å²) in [7, 11) is 0. The molecule has 3 rings (SSSR count). The molecule has 25 heavy (non-hydrogen) atoms. The number of nitrogens with zero attached hydrogens (tertiary/aromatic N) is 3. The number of rotatable bonds is 4. The zero-order valence-electron chi connectivity index (χ0n) is 15.2. The van der Waals surface area contributed by atoms with E-state index in [-0.39, 0.29) is 17.5 Å². The summed E-state index contributed by atoms with van der Waals surface area (Å²) in [6.45, 7) is 6.92. The lowest BCUT2D eigenvalue weighted by molar-refractivity contribution is 0.0667. The van der Waals surface area contributed by atoms with Gasteiger partial charge in [-0.3, -0.25) is 9.48 Å². The Kier molecular flexibility index (Phi) is 4.95. The molecule has 5 heteroatoms. The Balaban J connectivity index is 1.71. The molecule has 0 radical (unpaired) electrons. The quantitative estimate of drug-likeness (QED) is 0.927. The molecule has 1 amide bonds. The van der Waals surface area contributed by atoms with E-state index in [1.54, 1.807) is 6.20 Å². The van der Waals surface area contributed by atoms with E-state index in [0.717, 1.165) is 24.9 Å². The molecule has 1 aromatic carbocycles. The summed E-state index contributed by atoms with van der Waals surface area (Å²) < 4.78 is 1.82. The van der Waals surface area contributed by atoms with Gasteiger partial charge in [0, 0.05) is 18.8 Å². The number of likely N-dealkylation sites (tertiary alicyclic amines) is 1. The molecule has 0 spiro atoms. The van der Waals surface area contributed by atoms with Crippen molar-refractivity contribution >= 4 is 5.91 Å². The average molecular weight is 341 g/mol. The number of carbonyl (C=O) groups is 1. The maximum absolute atomic E-state index is 12.9. The highest BCUT2D eigenvalue weighted by atomic mass is 16.3. The van der Waals surface area contributed by atoms with Crippen LogP contribution in [0.1, 0.15) is 62.1 Å². The van der Waals surface area contributed by atoms with Gasteiger partial charge in [-0.1, -0.05) is 30.3 Å². The zero-order valence-corrected chi connectivity index (χ0v) is 15.2. The molecule has 0 saturated carbocycles. The molecule has 1 fully saturated rings. The Hall–Kier alpha value is -2.14. The Morgan fingerprint density at radius 1 is 1.32 bits per heavy atom. The second-order valence-electron chi connectivity index (χ2n) is 7.80. The van der Waals surface area contributed by atoms with Crippen LogP contribution in [0, 0.1) is 0 Å². The van der Waals surface area contributed by atoms with Gasteiger partial charge < -0.3 is 10.0 Å². The Bertz CT molecular complexity index is 718. The number of aromatic nitrogens is 2. The van der Waals surface area contributed by atoms with Crippen molar-refractivity contribution in [1.29, 1.82) is 0 Å². The molecule has 1 saturated heterocycles. The van der Waals surface area contributed by atoms with E-state index < -0.39 is 6.10 Å². The van der Waals surface area contributed by atoms with E-state index in [1.807, 2.05) is 46.1 Å². The van der Waals surface area contributed by atoms with Gasteiger partial charge in [-0.05, 0) is 45.6 Å². The van der Waals surface area contributed by atoms with Gasteiger partial charge in [0.15, 0.2) is 0 Å². The third kappa shape index (κ3) is 3.93. The van der Waals surface area contributed by atoms with Crippen molar-refractivity contribution in [3.8, 4) is 0 Å². The number of carbonyl (C=O) groups excluding carboxylic acids is 1. The standard InChI is InChI=1S/C20H27N3O2/c1-20(2,3)23-14-16(13-21-23)19(25)22-11-7-10-17(22)12-18(24)15-8-5-4-6-9-15/h4-6,8-9,13-14,17-18,24H,7,10-12H2,1-3H3/t17-,18+/m1/s1. The number of benzene rings is 1. The van der Waals surface area contributed by atoms with Crippen molar-refractivity contribution < 1.29 is 9.90 Å². The largest absolute Gasteiger partial charge is 0.388 e. The Morgan fingerprint density at radius 3 is 2.68 bits per heavy atom. The lowest BCUT2D eigenvalue weighted by Gasteiger charge is -2.26. The van der Waals surface area contributed by atoms with Gasteiger partial charge in [0.05, 0.1) is 23.4 Å². The van der Waals surface area contributed by atoms with Crippen LogP contribution in [0.3, 0.4) is 0 Å². The lowest BCUT2D eigenvalue weighted by atomic mass is 10.0. The number of hydrogen-bond donors (Lipinski definition) is 1. The molecule has 134 valence electrons. The van der Waals surface area contributed by atoms with Crippen molar-refractivity contribution in [3.05, 3.63) is 53.9 Å². The van der Waals surface area contributed by atoms with Crippen LogP contribution in [0.15, 0.2) is 42.7 Å². The van der Waals surface area contributed by atoms with Crippen molar-refractivity contribution in [3.63, 3.8) is 0 Å². The van der Waals surface area contributed by atoms with E-state index in [9.17, 15) is 9.90 Å². The van der Waals surface area contributed by atoms with Gasteiger partial charge in [0.2, 0.25) is 0 Å². The van der Waals surface area contributed by atoms with Crippen molar-refractivity contribution in [2.75, 3.05) is 6.54 Å². The number of aliphatic hydroxyl groups is 1. The van der Waals surface area contributed by atoms with Crippen LogP contribution in [0.2, 0.25) is 0 Å². The van der Waals surface area contributed by atoms with Gasteiger partial charge in [-0.2, -0.15) is 5.10 Å². The van der Waals surface area contributed by atoms with Crippen LogP contribution in [-0.4, -0.2) is 38.3 Å². The maximum atomic E-state index is 12.9. The summed E-state index contributed by atoms with van der Waals surface area (Å²) in [4.78, 5) is 14.8. The molecule has 2 heterocycles. The summed E-state index contributed by atoms with van der Waals surface area (Å²) in [5.41, 5.74) is 1.38. The minimum atomic E-state index is -0.545. The molecule has 5 nitrogen and oxygen atoms in total. The Labute approximate surface area is 149 Å². The summed E-state index contributed by atoms with van der Waals surface area (Å²) >= 11 is 0. The predicted octanol–water partition coefficient (Wildman–Crippen LogP) is 3.37. The van der Waals surface area contributed by atoms with E-state index >= 15 is 0 Å². The first-order valence-electron chi connectivity index (χ1n) is 8.95. The molecule has 1 aromatic heterocycles. The summed E-state index contributed by atoms with van der Waals surface area (Å²) in [6.07, 6.45) is 5.41. The summed E-state index contributed by atoms with van der Waals surface area (Å²) in [6, 6.07) is 9.72. The Morgan fingerprint density at radius 2 is 2.04 bits per heavy atom. The van der Waals surface area contributed by atoms with Gasteiger partial charge in [-0.15, -0.1) is 0 Å². The van der Waals surface area contributed by atoms with E-state index in [4.69, 9.17) is 0 Å². The molecule has 1 aliphatic heterocycles. The summed E-state index contributed by atoms with van der Waals surface area (Å²) in [5.74, 6) is 0.0123. The molecule has 2 atom stereocenters. The average Bonchev–Trinajstić information content (AvgIpc) is 3.24. The van der Waals surface area contributed by atoms with Crippen LogP contribution in [0.25, 0.3) is 0 Å². The fourth-order valence-corrected chi connectivity index (χ4v) is 3.38.